The van der Waals surface area contributed by atoms with Gasteiger partial charge in [-0.05, 0) is 18.2 Å². The van der Waals surface area contributed by atoms with E-state index in [9.17, 15) is 8.42 Å². The van der Waals surface area contributed by atoms with Crippen molar-refractivity contribution in [3.8, 4) is 11.5 Å². The van der Waals surface area contributed by atoms with E-state index in [1.807, 2.05) is 0 Å². The average molecular weight is 411 g/mol. The van der Waals surface area contributed by atoms with Crippen molar-refractivity contribution in [2.45, 2.75) is 4.90 Å². The monoisotopic (exact) mass is 409 g/mol. The number of rotatable bonds is 5. The van der Waals surface area contributed by atoms with Gasteiger partial charge in [0.05, 0.1) is 30.0 Å². The van der Waals surface area contributed by atoms with Crippen molar-refractivity contribution in [1.29, 1.82) is 0 Å². The Bertz CT molecular complexity index is 871. The normalized spacial score (nSPS) is 11.2. The van der Waals surface area contributed by atoms with Crippen molar-refractivity contribution in [2.75, 3.05) is 25.6 Å². The predicted octanol–water partition coefficient (Wildman–Crippen LogP) is 4.49. The van der Waals surface area contributed by atoms with Crippen LogP contribution in [0, 0.1) is 0 Å². The van der Waals surface area contributed by atoms with E-state index >= 15 is 0 Å². The van der Waals surface area contributed by atoms with Gasteiger partial charge in [0.2, 0.25) is 0 Å². The van der Waals surface area contributed by atoms with Crippen LogP contribution in [0.3, 0.4) is 0 Å². The number of hydrogen-bond acceptors (Lipinski definition) is 4. The van der Waals surface area contributed by atoms with Gasteiger partial charge in [0.15, 0.2) is 0 Å². The van der Waals surface area contributed by atoms with Crippen LogP contribution in [0.4, 0.5) is 5.69 Å². The summed E-state index contributed by atoms with van der Waals surface area (Å²) in [5.74, 6) is 0.580. The SMILES string of the molecule is COc1cc(N(C)S(=O)(=O)c2cc(Cl)ccc2Cl)c(OC)cc1Cl. The van der Waals surface area contributed by atoms with E-state index < -0.39 is 10.0 Å². The Kier molecular flexibility index (Phi) is 5.75. The minimum Gasteiger partial charge on any atom is -0.495 e. The number of nitrogens with zero attached hydrogens (tertiary/aromatic N) is 1. The third-order valence-electron chi connectivity index (χ3n) is 3.32. The summed E-state index contributed by atoms with van der Waals surface area (Å²) in [6, 6.07) is 7.16. The average Bonchev–Trinajstić information content (AvgIpc) is 2.55. The molecule has 2 aromatic rings. The zero-order chi connectivity index (χ0) is 18.1. The van der Waals surface area contributed by atoms with Gasteiger partial charge in [-0.15, -0.1) is 0 Å². The molecule has 0 N–H and O–H groups in total. The van der Waals surface area contributed by atoms with Crippen molar-refractivity contribution in [1.82, 2.24) is 0 Å². The fourth-order valence-electron chi connectivity index (χ4n) is 2.04. The first-order valence-electron chi connectivity index (χ1n) is 6.58. The lowest BCUT2D eigenvalue weighted by atomic mass is 10.2. The van der Waals surface area contributed by atoms with Crippen LogP contribution in [0.15, 0.2) is 35.2 Å². The van der Waals surface area contributed by atoms with E-state index in [2.05, 4.69) is 0 Å². The van der Waals surface area contributed by atoms with E-state index in [1.54, 1.807) is 0 Å². The maximum absolute atomic E-state index is 12.9. The minimum atomic E-state index is -3.98. The molecule has 2 aromatic carbocycles. The van der Waals surface area contributed by atoms with E-state index in [0.717, 1.165) is 4.31 Å². The smallest absolute Gasteiger partial charge is 0.265 e. The first kappa shape index (κ1) is 19.0. The third kappa shape index (κ3) is 3.52. The summed E-state index contributed by atoms with van der Waals surface area (Å²) < 4.78 is 37.2. The molecule has 5 nitrogen and oxygen atoms in total. The summed E-state index contributed by atoms with van der Waals surface area (Å²) >= 11 is 18.0. The van der Waals surface area contributed by atoms with Crippen LogP contribution in [0.5, 0.6) is 11.5 Å². The maximum atomic E-state index is 12.9. The van der Waals surface area contributed by atoms with E-state index in [4.69, 9.17) is 44.3 Å². The van der Waals surface area contributed by atoms with Crippen molar-refractivity contribution >= 4 is 50.5 Å². The molecule has 0 aliphatic heterocycles. The topological polar surface area (TPSA) is 55.8 Å². The molecular formula is C15H14Cl3NO4S. The Morgan fingerprint density at radius 3 is 2.12 bits per heavy atom. The molecule has 130 valence electrons. The number of benzene rings is 2. The quantitative estimate of drug-likeness (QED) is 0.729. The Morgan fingerprint density at radius 1 is 0.917 bits per heavy atom. The molecule has 0 unspecified atom stereocenters. The third-order valence-corrected chi connectivity index (χ3v) is 6.11. The molecule has 0 atom stereocenters. The van der Waals surface area contributed by atoms with Crippen molar-refractivity contribution in [2.24, 2.45) is 0 Å². The zero-order valence-corrected chi connectivity index (χ0v) is 16.1. The fraction of sp³-hybridized carbons (Fsp3) is 0.200. The highest BCUT2D eigenvalue weighted by molar-refractivity contribution is 7.93. The van der Waals surface area contributed by atoms with Crippen molar-refractivity contribution in [3.63, 3.8) is 0 Å². The Labute approximate surface area is 155 Å². The van der Waals surface area contributed by atoms with Gasteiger partial charge in [0.25, 0.3) is 10.0 Å². The van der Waals surface area contributed by atoms with Gasteiger partial charge in [-0.1, -0.05) is 34.8 Å². The molecule has 0 saturated carbocycles. The highest BCUT2D eigenvalue weighted by Crippen LogP contribution is 2.40. The maximum Gasteiger partial charge on any atom is 0.265 e. The lowest BCUT2D eigenvalue weighted by Gasteiger charge is -2.23. The summed E-state index contributed by atoms with van der Waals surface area (Å²) in [6.45, 7) is 0. The summed E-state index contributed by atoms with van der Waals surface area (Å²) in [5, 5.41) is 0.614. The highest BCUT2D eigenvalue weighted by Gasteiger charge is 2.27. The molecule has 0 amide bonds. The van der Waals surface area contributed by atoms with E-state index in [0.29, 0.717) is 10.8 Å². The van der Waals surface area contributed by atoms with Crippen LogP contribution >= 0.6 is 34.8 Å². The molecule has 0 spiro atoms. The lowest BCUT2D eigenvalue weighted by molar-refractivity contribution is 0.404. The number of hydrogen-bond donors (Lipinski definition) is 0. The fourth-order valence-corrected chi connectivity index (χ4v) is 4.21. The van der Waals surface area contributed by atoms with Crippen LogP contribution in [0.25, 0.3) is 0 Å². The molecule has 0 aromatic heterocycles. The van der Waals surface area contributed by atoms with Gasteiger partial charge in [0.1, 0.15) is 16.4 Å². The molecule has 0 aliphatic carbocycles. The second-order valence-electron chi connectivity index (χ2n) is 4.71. The van der Waals surface area contributed by atoms with E-state index in [-0.39, 0.29) is 26.4 Å². The molecule has 0 bridgehead atoms. The predicted molar refractivity (Wildman–Crippen MR) is 96.6 cm³/mol. The van der Waals surface area contributed by atoms with Gasteiger partial charge in [-0.3, -0.25) is 4.31 Å². The number of halogens is 3. The van der Waals surface area contributed by atoms with E-state index in [1.165, 1.54) is 51.6 Å². The molecule has 0 fully saturated rings. The number of ether oxygens (including phenoxy) is 2. The molecule has 0 radical (unpaired) electrons. The number of anilines is 1. The van der Waals surface area contributed by atoms with Crippen LogP contribution in [0.2, 0.25) is 15.1 Å². The molecular weight excluding hydrogens is 397 g/mol. The molecule has 0 heterocycles. The summed E-state index contributed by atoms with van der Waals surface area (Å²) in [4.78, 5) is -0.116. The number of sulfonamides is 1. The van der Waals surface area contributed by atoms with Crippen LogP contribution in [0.1, 0.15) is 0 Å². The van der Waals surface area contributed by atoms with Crippen LogP contribution in [-0.2, 0) is 10.0 Å². The number of methoxy groups -OCH3 is 2. The second-order valence-corrected chi connectivity index (χ2v) is 7.89. The molecule has 9 heteroatoms. The Hall–Kier alpha value is -1.34. The van der Waals surface area contributed by atoms with Crippen LogP contribution in [-0.4, -0.2) is 29.7 Å². The standard InChI is InChI=1S/C15H14Cl3NO4S/c1-19(12-8-13(22-2)11(18)7-14(12)23-3)24(20,21)15-6-9(16)4-5-10(15)17/h4-8H,1-3H3. The van der Waals surface area contributed by atoms with Crippen LogP contribution < -0.4 is 13.8 Å². The highest BCUT2D eigenvalue weighted by atomic mass is 35.5. The van der Waals surface area contributed by atoms with Crippen molar-refractivity contribution < 1.29 is 17.9 Å². The first-order chi connectivity index (χ1) is 11.2. The molecule has 0 saturated heterocycles. The first-order valence-corrected chi connectivity index (χ1v) is 9.15. The van der Waals surface area contributed by atoms with Gasteiger partial charge in [0, 0.05) is 24.2 Å². The van der Waals surface area contributed by atoms with Gasteiger partial charge >= 0.3 is 0 Å². The zero-order valence-electron chi connectivity index (χ0n) is 13.0. The summed E-state index contributed by atoms with van der Waals surface area (Å²) in [7, 11) is 0.237. The lowest BCUT2D eigenvalue weighted by Crippen LogP contribution is -2.27. The molecule has 0 aliphatic rings. The van der Waals surface area contributed by atoms with Crippen molar-refractivity contribution in [3.05, 3.63) is 45.4 Å². The summed E-state index contributed by atoms with van der Waals surface area (Å²) in [5.41, 5.74) is 0.245. The molecule has 2 rings (SSSR count). The van der Waals surface area contributed by atoms with Gasteiger partial charge in [-0.25, -0.2) is 8.42 Å². The second kappa shape index (κ2) is 7.27. The largest absolute Gasteiger partial charge is 0.495 e. The van der Waals surface area contributed by atoms with Gasteiger partial charge in [-0.2, -0.15) is 0 Å². The van der Waals surface area contributed by atoms with Gasteiger partial charge < -0.3 is 9.47 Å². The minimum absolute atomic E-state index is 0.0612. The molecule has 24 heavy (non-hydrogen) atoms. The Balaban J connectivity index is 2.62. The Morgan fingerprint density at radius 2 is 1.54 bits per heavy atom. The summed E-state index contributed by atoms with van der Waals surface area (Å²) in [6.07, 6.45) is 0.